The molecule has 316 valence electrons. The number of nitrogens with one attached hydrogen (secondary N) is 2. The molecule has 0 aliphatic carbocycles. The quantitative estimate of drug-likeness (QED) is 0.0288. The molecule has 2 aromatic heterocycles. The Morgan fingerprint density at radius 3 is 2.25 bits per heavy atom. The third kappa shape index (κ3) is 13.6. The van der Waals surface area contributed by atoms with Gasteiger partial charge in [0.05, 0.1) is 23.1 Å². The van der Waals surface area contributed by atoms with Crippen LogP contribution in [-0.4, -0.2) is 56.7 Å². The van der Waals surface area contributed by atoms with Gasteiger partial charge in [-0.15, -0.1) is 0 Å². The second kappa shape index (κ2) is 22.1. The highest BCUT2D eigenvalue weighted by Crippen LogP contribution is 2.37. The summed E-state index contributed by atoms with van der Waals surface area (Å²) in [5, 5.41) is 14.2. The Balaban J connectivity index is 1.02. The van der Waals surface area contributed by atoms with E-state index in [1.807, 2.05) is 47.3 Å². The standard InChI is InChI=1S/C46H52FN4O7PS/c1-60(56)41-22-18-37(19-23-41)46-49-44(35-16-20-40(47)21-17-35)45(50-46)36-24-27-51(28-25-36)33-39-15-14-38(31-43(39)58-59(53,54)55)42(52)32-48-26-8-2-3-9-29-57-30-10-7-13-34-11-5-4-6-12-34/h4-6,11-12,14-25,27-28,31,42,48,52H,2-3,7-10,13,26,29-30,32-33H2,1H3,(H2,53,54,55). The fourth-order valence-corrected chi connectivity index (χ4v) is 7.77. The largest absolute Gasteiger partial charge is 0.746 e. The predicted molar refractivity (Wildman–Crippen MR) is 230 cm³/mol. The molecule has 60 heavy (non-hydrogen) atoms. The number of aromatic nitrogens is 3. The molecule has 0 amide bonds. The van der Waals surface area contributed by atoms with Crippen LogP contribution in [0.3, 0.4) is 0 Å². The molecule has 0 saturated heterocycles. The Kier molecular flexibility index (Phi) is 16.5. The Hall–Kier alpha value is -4.85. The van der Waals surface area contributed by atoms with E-state index in [-0.39, 0.29) is 24.7 Å². The third-order valence-electron chi connectivity index (χ3n) is 10.1. The normalized spacial score (nSPS) is 13.5. The molecule has 6 aromatic rings. The van der Waals surface area contributed by atoms with Crippen LogP contribution in [0.25, 0.3) is 33.9 Å². The summed E-state index contributed by atoms with van der Waals surface area (Å²) in [6, 6.07) is 32.4. The number of unbranched alkanes of at least 4 members (excludes halogenated alkanes) is 4. The van der Waals surface area contributed by atoms with Crippen molar-refractivity contribution in [1.82, 2.24) is 15.3 Å². The van der Waals surface area contributed by atoms with E-state index in [9.17, 15) is 28.1 Å². The summed E-state index contributed by atoms with van der Waals surface area (Å²) < 4.78 is 50.3. The molecule has 0 spiro atoms. The maximum atomic E-state index is 13.8. The van der Waals surface area contributed by atoms with Gasteiger partial charge < -0.3 is 34.5 Å². The number of rotatable bonds is 23. The van der Waals surface area contributed by atoms with Crippen molar-refractivity contribution < 1.29 is 41.9 Å². The molecule has 4 aromatic carbocycles. The molecule has 2 heterocycles. The lowest BCUT2D eigenvalue weighted by molar-refractivity contribution is -0.688. The van der Waals surface area contributed by atoms with Crippen molar-refractivity contribution >= 4 is 18.6 Å². The van der Waals surface area contributed by atoms with Crippen molar-refractivity contribution in [3.05, 3.63) is 144 Å². The van der Waals surface area contributed by atoms with Crippen molar-refractivity contribution in [2.75, 3.05) is 32.6 Å². The molecule has 11 nitrogen and oxygen atoms in total. The van der Waals surface area contributed by atoms with Crippen molar-refractivity contribution in [3.63, 3.8) is 0 Å². The number of aromatic amines is 1. The Morgan fingerprint density at radius 1 is 0.867 bits per heavy atom. The van der Waals surface area contributed by atoms with Crippen LogP contribution in [-0.2, 0) is 33.1 Å². The van der Waals surface area contributed by atoms with Crippen molar-refractivity contribution in [2.24, 2.45) is 0 Å². The van der Waals surface area contributed by atoms with Crippen molar-refractivity contribution in [3.8, 4) is 39.7 Å². The number of H-pyrrole nitrogens is 1. The first-order chi connectivity index (χ1) is 29.0. The van der Waals surface area contributed by atoms with Crippen LogP contribution in [0.15, 0.2) is 126 Å². The lowest BCUT2D eigenvalue weighted by Crippen LogP contribution is -2.33. The van der Waals surface area contributed by atoms with E-state index in [0.29, 0.717) is 38.8 Å². The molecule has 0 bridgehead atoms. The number of pyridine rings is 1. The van der Waals surface area contributed by atoms with E-state index in [0.717, 1.165) is 75.8 Å². The highest BCUT2D eigenvalue weighted by atomic mass is 32.2. The van der Waals surface area contributed by atoms with E-state index in [2.05, 4.69) is 34.6 Å². The van der Waals surface area contributed by atoms with E-state index >= 15 is 0 Å². The molecule has 3 unspecified atom stereocenters. The second-order valence-corrected chi connectivity index (χ2v) is 17.2. The van der Waals surface area contributed by atoms with Gasteiger partial charge in [0.25, 0.3) is 0 Å². The highest BCUT2D eigenvalue weighted by molar-refractivity contribution is 7.84. The van der Waals surface area contributed by atoms with Crippen molar-refractivity contribution in [1.29, 1.82) is 0 Å². The minimum atomic E-state index is -5.16. The monoisotopic (exact) mass is 854 g/mol. The number of phosphoric ester groups is 1. The summed E-state index contributed by atoms with van der Waals surface area (Å²) in [5.74, 6) is 0.131. The minimum Gasteiger partial charge on any atom is -0.746 e. The second-order valence-electron chi connectivity index (χ2n) is 14.7. The number of hydrogen-bond donors (Lipinski definition) is 4. The molecule has 14 heteroatoms. The molecule has 0 aliphatic rings. The summed E-state index contributed by atoms with van der Waals surface area (Å²) in [7, 11) is -6.29. The first-order valence-corrected chi connectivity index (χ1v) is 23.2. The van der Waals surface area contributed by atoms with Crippen LogP contribution in [0.2, 0.25) is 0 Å². The van der Waals surface area contributed by atoms with Gasteiger partial charge in [-0.1, -0.05) is 61.4 Å². The zero-order valence-electron chi connectivity index (χ0n) is 33.7. The van der Waals surface area contributed by atoms with Crippen LogP contribution in [0, 0.1) is 5.82 Å². The molecule has 0 saturated carbocycles. The van der Waals surface area contributed by atoms with Crippen molar-refractivity contribution in [2.45, 2.75) is 62.5 Å². The molecule has 0 aliphatic heterocycles. The van der Waals surface area contributed by atoms with Gasteiger partial charge in [-0.05, 0) is 98.3 Å². The number of aryl methyl sites for hydroxylation is 1. The van der Waals surface area contributed by atoms with Gasteiger partial charge >= 0.3 is 7.82 Å². The molecule has 6 rings (SSSR count). The number of aliphatic hydroxyl groups is 1. The minimum absolute atomic E-state index is 0.0860. The van der Waals surface area contributed by atoms with E-state index in [4.69, 9.17) is 14.2 Å². The molecule has 4 N–H and O–H groups in total. The lowest BCUT2D eigenvalue weighted by Gasteiger charge is -2.20. The number of hydrogen-bond acceptors (Lipinski definition) is 8. The summed E-state index contributed by atoms with van der Waals surface area (Å²) in [6.45, 7) is 2.72. The van der Waals surface area contributed by atoms with Gasteiger partial charge in [0.1, 0.15) is 17.4 Å². The number of benzene rings is 4. The molecule has 3 atom stereocenters. The van der Waals surface area contributed by atoms with Gasteiger partial charge in [0.2, 0.25) is 0 Å². The Bertz CT molecular complexity index is 2320. The number of ether oxygens (including phenoxy) is 1. The van der Waals surface area contributed by atoms with Gasteiger partial charge in [-0.25, -0.2) is 13.9 Å². The average molecular weight is 855 g/mol. The fourth-order valence-electron chi connectivity index (χ4n) is 6.83. The van der Waals surface area contributed by atoms with Crippen LogP contribution in [0.4, 0.5) is 4.39 Å². The zero-order valence-corrected chi connectivity index (χ0v) is 35.4. The smallest absolute Gasteiger partial charge is 0.317 e. The highest BCUT2D eigenvalue weighted by Gasteiger charge is 2.20. The van der Waals surface area contributed by atoms with Crippen LogP contribution in [0.1, 0.15) is 61.3 Å². The van der Waals surface area contributed by atoms with E-state index in [1.54, 1.807) is 42.7 Å². The SMILES string of the molecule is CS(=O)c1ccc(-c2nc(-c3ccc(F)cc3)c(-c3cc[n+](Cc4ccc(C(O)CNCCCCCCOCCCCc5ccccc5)cc4OP(=O)([O-])O)cc3)[nH]2)cc1. The third-order valence-corrected chi connectivity index (χ3v) is 11.4. The Morgan fingerprint density at radius 2 is 1.55 bits per heavy atom. The molecular formula is C46H52FN4O7PS. The summed E-state index contributed by atoms with van der Waals surface area (Å²) >= 11 is 0. The number of phosphoric acid groups is 1. The molecule has 0 fully saturated rings. The fraction of sp³-hybridized carbons (Fsp3) is 0.304. The summed E-state index contributed by atoms with van der Waals surface area (Å²) in [5.41, 5.74) is 5.86. The van der Waals surface area contributed by atoms with Crippen LogP contribution >= 0.6 is 7.82 Å². The zero-order chi connectivity index (χ0) is 42.3. The first kappa shape index (κ1) is 44.7. The van der Waals surface area contributed by atoms with Gasteiger partial charge in [0.15, 0.2) is 18.9 Å². The van der Waals surface area contributed by atoms with Gasteiger partial charge in [0, 0.05) is 70.5 Å². The summed E-state index contributed by atoms with van der Waals surface area (Å²) in [4.78, 5) is 30.5. The lowest BCUT2D eigenvalue weighted by atomic mass is 10.0. The van der Waals surface area contributed by atoms with Gasteiger partial charge in [-0.2, -0.15) is 0 Å². The topological polar surface area (TPSA) is 161 Å². The number of aliphatic hydroxyl groups excluding tert-OH is 1. The number of nitrogens with zero attached hydrogens (tertiary/aromatic N) is 2. The Labute approximate surface area is 353 Å². The van der Waals surface area contributed by atoms with Crippen LogP contribution in [0.5, 0.6) is 5.75 Å². The van der Waals surface area contributed by atoms with E-state index in [1.165, 1.54) is 23.8 Å². The first-order valence-electron chi connectivity index (χ1n) is 20.2. The van der Waals surface area contributed by atoms with Crippen LogP contribution < -0.4 is 19.3 Å². The predicted octanol–water partition coefficient (Wildman–Crippen LogP) is 7.69. The van der Waals surface area contributed by atoms with E-state index < -0.39 is 24.7 Å². The number of imidazole rings is 1. The maximum Gasteiger partial charge on any atom is 0.317 e. The average Bonchev–Trinajstić information content (AvgIpc) is 3.69. The van der Waals surface area contributed by atoms with Gasteiger partial charge in [-0.3, -0.25) is 8.77 Å². The molecule has 0 radical (unpaired) electrons. The molecular weight excluding hydrogens is 803 g/mol. The number of halogens is 1. The summed E-state index contributed by atoms with van der Waals surface area (Å²) in [6.07, 6.45) is 11.6. The maximum absolute atomic E-state index is 13.8.